The molecule has 0 bridgehead atoms. The van der Waals surface area contributed by atoms with Crippen LogP contribution in [0.2, 0.25) is 0 Å². The molecule has 2 N–H and O–H groups in total. The van der Waals surface area contributed by atoms with Gasteiger partial charge in [0.15, 0.2) is 0 Å². The van der Waals surface area contributed by atoms with Crippen molar-refractivity contribution in [3.63, 3.8) is 0 Å². The summed E-state index contributed by atoms with van der Waals surface area (Å²) >= 11 is 0. The van der Waals surface area contributed by atoms with E-state index in [4.69, 9.17) is 10.2 Å². The highest BCUT2D eigenvalue weighted by atomic mass is 19.4. The van der Waals surface area contributed by atoms with Crippen LogP contribution in [-0.2, 0) is 12.4 Å². The van der Waals surface area contributed by atoms with E-state index in [0.29, 0.717) is 12.1 Å². The normalized spacial score (nSPS) is 11.8. The summed E-state index contributed by atoms with van der Waals surface area (Å²) < 4.78 is 88.3. The van der Waals surface area contributed by atoms with E-state index in [1.54, 1.807) is 0 Å². The Labute approximate surface area is 151 Å². The van der Waals surface area contributed by atoms with Crippen LogP contribution < -0.4 is 9.47 Å². The van der Waals surface area contributed by atoms with E-state index < -0.39 is 58.4 Å². The van der Waals surface area contributed by atoms with E-state index in [1.165, 1.54) is 0 Å². The molecule has 28 heavy (non-hydrogen) atoms. The second-order valence-corrected chi connectivity index (χ2v) is 5.15. The third-order valence-electron chi connectivity index (χ3n) is 3.29. The number of carboxylic acid groups (broad SMARTS) is 2. The summed E-state index contributed by atoms with van der Waals surface area (Å²) in [4.78, 5) is 21.0. The second kappa shape index (κ2) is 7.29. The zero-order chi connectivity index (χ0) is 21.3. The molecule has 0 unspecified atom stereocenters. The van der Waals surface area contributed by atoms with Gasteiger partial charge in [-0.15, -0.1) is 0 Å². The second-order valence-electron chi connectivity index (χ2n) is 5.15. The van der Waals surface area contributed by atoms with E-state index in [0.717, 1.165) is 12.1 Å². The molecule has 150 valence electrons. The molecule has 12 heteroatoms. The van der Waals surface area contributed by atoms with E-state index in [9.17, 15) is 35.9 Å². The first kappa shape index (κ1) is 20.9. The van der Waals surface area contributed by atoms with Crippen molar-refractivity contribution in [3.8, 4) is 22.6 Å². The molecule has 6 nitrogen and oxygen atoms in total. The van der Waals surface area contributed by atoms with Gasteiger partial charge in [0, 0.05) is 0 Å². The fraction of sp³-hybridized carbons (Fsp3) is 0.125. The molecule has 0 atom stereocenters. The average Bonchev–Trinajstić information content (AvgIpc) is 2.52. The molecule has 0 radical (unpaired) electrons. The van der Waals surface area contributed by atoms with Crippen molar-refractivity contribution in [3.05, 3.63) is 47.5 Å². The molecule has 0 fully saturated rings. The van der Waals surface area contributed by atoms with Gasteiger partial charge in [-0.1, -0.05) is 12.1 Å². The SMILES string of the molecule is O=C(O)Oc1ccc(-c2ccc(OC(=O)O)cc2C(F)(F)F)c(C(F)(F)F)c1. The van der Waals surface area contributed by atoms with Crippen LogP contribution in [0, 0.1) is 0 Å². The largest absolute Gasteiger partial charge is 0.511 e. The molecule has 0 saturated carbocycles. The van der Waals surface area contributed by atoms with Crippen LogP contribution in [0.3, 0.4) is 0 Å². The number of benzene rings is 2. The third-order valence-corrected chi connectivity index (χ3v) is 3.29. The van der Waals surface area contributed by atoms with Gasteiger partial charge >= 0.3 is 24.7 Å². The van der Waals surface area contributed by atoms with Gasteiger partial charge in [-0.2, -0.15) is 26.3 Å². The van der Waals surface area contributed by atoms with Crippen LogP contribution in [0.1, 0.15) is 11.1 Å². The molecule has 2 aromatic carbocycles. The first-order valence-corrected chi connectivity index (χ1v) is 7.03. The minimum atomic E-state index is -5.15. The first-order valence-electron chi connectivity index (χ1n) is 7.03. The van der Waals surface area contributed by atoms with Gasteiger partial charge in [-0.25, -0.2) is 9.59 Å². The Morgan fingerprint density at radius 2 is 1.00 bits per heavy atom. The van der Waals surface area contributed by atoms with Crippen molar-refractivity contribution < 1.29 is 55.6 Å². The molecule has 0 amide bonds. The lowest BCUT2D eigenvalue weighted by molar-refractivity contribution is -0.139. The summed E-state index contributed by atoms with van der Waals surface area (Å²) in [5.74, 6) is -1.49. The molecule has 0 aliphatic heterocycles. The Bertz CT molecular complexity index is 843. The molecule has 0 aliphatic rings. The van der Waals surface area contributed by atoms with Gasteiger partial charge < -0.3 is 19.7 Å². The zero-order valence-electron chi connectivity index (χ0n) is 13.3. The number of ether oxygens (including phenoxy) is 2. The highest BCUT2D eigenvalue weighted by Crippen LogP contribution is 2.44. The fourth-order valence-corrected chi connectivity index (χ4v) is 2.31. The van der Waals surface area contributed by atoms with Gasteiger partial charge in [0.2, 0.25) is 0 Å². The number of rotatable bonds is 3. The predicted molar refractivity (Wildman–Crippen MR) is 79.2 cm³/mol. The minimum absolute atomic E-state index is 0.241. The van der Waals surface area contributed by atoms with Gasteiger partial charge in [-0.05, 0) is 35.4 Å². The molecule has 0 heterocycles. The number of carbonyl (C=O) groups is 2. The van der Waals surface area contributed by atoms with Crippen molar-refractivity contribution >= 4 is 12.3 Å². The minimum Gasteiger partial charge on any atom is -0.449 e. The molecule has 0 aromatic heterocycles. The van der Waals surface area contributed by atoms with E-state index in [2.05, 4.69) is 9.47 Å². The zero-order valence-corrected chi connectivity index (χ0v) is 13.3. The Balaban J connectivity index is 2.72. The van der Waals surface area contributed by atoms with Gasteiger partial charge in [-0.3, -0.25) is 0 Å². The van der Waals surface area contributed by atoms with Crippen LogP contribution >= 0.6 is 0 Å². The quantitative estimate of drug-likeness (QED) is 0.394. The predicted octanol–water partition coefficient (Wildman–Crippen LogP) is 5.50. The molecule has 0 aliphatic carbocycles. The summed E-state index contributed by atoms with van der Waals surface area (Å²) in [5.41, 5.74) is -4.99. The van der Waals surface area contributed by atoms with Gasteiger partial charge in [0.1, 0.15) is 11.5 Å². The Morgan fingerprint density at radius 3 is 1.25 bits per heavy atom. The maximum absolute atomic E-state index is 13.3. The van der Waals surface area contributed by atoms with Crippen LogP contribution in [0.4, 0.5) is 35.9 Å². The molecule has 2 rings (SSSR count). The van der Waals surface area contributed by atoms with Crippen molar-refractivity contribution in [2.24, 2.45) is 0 Å². The third kappa shape index (κ3) is 4.84. The lowest BCUT2D eigenvalue weighted by Crippen LogP contribution is -2.13. The van der Waals surface area contributed by atoms with E-state index in [1.807, 2.05) is 0 Å². The van der Waals surface area contributed by atoms with Crippen LogP contribution in [0.25, 0.3) is 11.1 Å². The van der Waals surface area contributed by atoms with Crippen molar-refractivity contribution in [1.82, 2.24) is 0 Å². The smallest absolute Gasteiger partial charge is 0.449 e. The number of hydrogen-bond acceptors (Lipinski definition) is 4. The van der Waals surface area contributed by atoms with Crippen molar-refractivity contribution in [1.29, 1.82) is 0 Å². The highest BCUT2D eigenvalue weighted by molar-refractivity contribution is 5.75. The standard InChI is InChI=1S/C16H8F6O6/c17-15(18,19)11-5-7(27-13(23)24)1-3-9(11)10-4-2-8(28-14(25)26)6-12(10)16(20,21)22/h1-6H,(H,23,24)(H,25,26). The number of halogens is 6. The van der Waals surface area contributed by atoms with Crippen LogP contribution in [0.15, 0.2) is 36.4 Å². The molecule has 0 spiro atoms. The fourth-order valence-electron chi connectivity index (χ4n) is 2.31. The van der Waals surface area contributed by atoms with Crippen molar-refractivity contribution in [2.45, 2.75) is 12.4 Å². The van der Waals surface area contributed by atoms with Crippen LogP contribution in [0.5, 0.6) is 11.5 Å². The number of hydrogen-bond donors (Lipinski definition) is 2. The molecular weight excluding hydrogens is 402 g/mol. The summed E-state index contributed by atoms with van der Waals surface area (Å²) in [6.45, 7) is 0. The lowest BCUT2D eigenvalue weighted by Gasteiger charge is -2.18. The summed E-state index contributed by atoms with van der Waals surface area (Å²) in [6.07, 6.45) is -14.1. The van der Waals surface area contributed by atoms with E-state index in [-0.39, 0.29) is 12.1 Å². The Hall–Kier alpha value is -3.44. The Morgan fingerprint density at radius 1 is 0.679 bits per heavy atom. The maximum atomic E-state index is 13.3. The van der Waals surface area contributed by atoms with Gasteiger partial charge in [0.25, 0.3) is 0 Å². The number of alkyl halides is 6. The molecule has 0 saturated heterocycles. The lowest BCUT2D eigenvalue weighted by atomic mass is 9.94. The monoisotopic (exact) mass is 410 g/mol. The van der Waals surface area contributed by atoms with Crippen molar-refractivity contribution in [2.75, 3.05) is 0 Å². The van der Waals surface area contributed by atoms with Crippen LogP contribution in [-0.4, -0.2) is 22.5 Å². The topological polar surface area (TPSA) is 93.1 Å². The highest BCUT2D eigenvalue weighted by Gasteiger charge is 2.39. The maximum Gasteiger partial charge on any atom is 0.511 e. The Kier molecular flexibility index (Phi) is 5.43. The van der Waals surface area contributed by atoms with E-state index >= 15 is 0 Å². The summed E-state index contributed by atoms with van der Waals surface area (Å²) in [7, 11) is 0. The van der Waals surface area contributed by atoms with Gasteiger partial charge in [0.05, 0.1) is 11.1 Å². The molecular formula is C16H8F6O6. The summed E-state index contributed by atoms with van der Waals surface area (Å²) in [6, 6.07) is 3.21. The summed E-state index contributed by atoms with van der Waals surface area (Å²) in [5, 5.41) is 17.0. The average molecular weight is 410 g/mol. The molecule has 2 aromatic rings. The first-order chi connectivity index (χ1) is 12.8.